The van der Waals surface area contributed by atoms with Crippen LogP contribution < -0.4 is 5.73 Å². The summed E-state index contributed by atoms with van der Waals surface area (Å²) in [6.45, 7) is 4.56. The van der Waals surface area contributed by atoms with Gasteiger partial charge in [-0.1, -0.05) is 13.8 Å². The number of aliphatic hydroxyl groups is 1. The predicted molar refractivity (Wildman–Crippen MR) is 70.7 cm³/mol. The van der Waals surface area contributed by atoms with E-state index in [2.05, 4.69) is 0 Å². The highest BCUT2D eigenvalue weighted by molar-refractivity contribution is 5.97. The number of amides is 2. The second kappa shape index (κ2) is 4.66. The van der Waals surface area contributed by atoms with Crippen molar-refractivity contribution in [2.45, 2.75) is 19.4 Å². The molecule has 1 saturated heterocycles. The van der Waals surface area contributed by atoms with E-state index in [-0.39, 0.29) is 11.8 Å². The number of nitrogens with two attached hydrogens (primary N) is 1. The summed E-state index contributed by atoms with van der Waals surface area (Å²) in [5.41, 5.74) is 5.23. The van der Waals surface area contributed by atoms with Crippen LogP contribution in [0.5, 0.6) is 0 Å². The van der Waals surface area contributed by atoms with Gasteiger partial charge in [-0.05, 0) is 30.2 Å². The van der Waals surface area contributed by atoms with E-state index >= 15 is 0 Å². The molecule has 1 heterocycles. The maximum absolute atomic E-state index is 12.1. The zero-order chi connectivity index (χ0) is 14.2. The van der Waals surface area contributed by atoms with Crippen molar-refractivity contribution in [1.82, 2.24) is 4.90 Å². The van der Waals surface area contributed by atoms with Crippen molar-refractivity contribution in [2.75, 3.05) is 13.1 Å². The normalized spacial score (nSPS) is 17.2. The van der Waals surface area contributed by atoms with Gasteiger partial charge >= 0.3 is 0 Å². The Labute approximate surface area is 112 Å². The maximum atomic E-state index is 12.1. The Morgan fingerprint density at radius 3 is 2.11 bits per heavy atom. The molecule has 3 N–H and O–H groups in total. The average Bonchev–Trinajstić information content (AvgIpc) is 2.34. The molecule has 102 valence electrons. The Kier molecular flexibility index (Phi) is 3.32. The summed E-state index contributed by atoms with van der Waals surface area (Å²) in [7, 11) is 0. The van der Waals surface area contributed by atoms with Crippen molar-refractivity contribution < 1.29 is 14.7 Å². The van der Waals surface area contributed by atoms with Crippen LogP contribution in [0.4, 0.5) is 0 Å². The van der Waals surface area contributed by atoms with E-state index in [1.807, 2.05) is 13.8 Å². The molecule has 0 spiro atoms. The van der Waals surface area contributed by atoms with Crippen LogP contribution in [0.1, 0.15) is 34.6 Å². The number of hydrogen-bond acceptors (Lipinski definition) is 3. The third kappa shape index (κ3) is 2.46. The Hall–Kier alpha value is -1.88. The van der Waals surface area contributed by atoms with E-state index in [9.17, 15) is 14.7 Å². The van der Waals surface area contributed by atoms with Crippen LogP contribution in [0.25, 0.3) is 0 Å². The number of carbonyl (C=O) groups is 2. The van der Waals surface area contributed by atoms with E-state index in [0.29, 0.717) is 24.2 Å². The van der Waals surface area contributed by atoms with Gasteiger partial charge in [0.05, 0.1) is 13.1 Å². The maximum Gasteiger partial charge on any atom is 0.254 e. The van der Waals surface area contributed by atoms with Gasteiger partial charge in [-0.3, -0.25) is 9.59 Å². The first-order valence-electron chi connectivity index (χ1n) is 6.25. The number of carbonyl (C=O) groups excluding carboxylic acids is 2. The summed E-state index contributed by atoms with van der Waals surface area (Å²) in [5, 5.41) is 10.1. The van der Waals surface area contributed by atoms with Crippen molar-refractivity contribution in [1.29, 1.82) is 0 Å². The van der Waals surface area contributed by atoms with Gasteiger partial charge in [0, 0.05) is 11.1 Å². The second-order valence-corrected chi connectivity index (χ2v) is 5.36. The molecule has 19 heavy (non-hydrogen) atoms. The molecule has 0 atom stereocenters. The fourth-order valence-electron chi connectivity index (χ4n) is 2.08. The lowest BCUT2D eigenvalue weighted by atomic mass is 9.82. The fraction of sp³-hybridized carbons (Fsp3) is 0.429. The molecule has 0 saturated carbocycles. The molecule has 2 amide bonds. The molecule has 1 aromatic rings. The third-order valence-electron chi connectivity index (χ3n) is 3.71. The lowest BCUT2D eigenvalue weighted by Gasteiger charge is -2.49. The molecule has 0 aromatic heterocycles. The molecular weight excluding hydrogens is 244 g/mol. The van der Waals surface area contributed by atoms with Crippen LogP contribution in [0, 0.1) is 5.92 Å². The van der Waals surface area contributed by atoms with Crippen LogP contribution in [0.2, 0.25) is 0 Å². The topological polar surface area (TPSA) is 83.6 Å². The first-order chi connectivity index (χ1) is 8.83. The minimum Gasteiger partial charge on any atom is -0.386 e. The van der Waals surface area contributed by atoms with Crippen LogP contribution in [0.3, 0.4) is 0 Å². The fourth-order valence-corrected chi connectivity index (χ4v) is 2.08. The highest BCUT2D eigenvalue weighted by Gasteiger charge is 2.45. The standard InChI is InChI=1S/C14H18N2O3/c1-9(2)14(19)7-16(8-14)13(18)11-5-3-10(4-6-11)12(15)17/h3-6,9,19H,7-8H2,1-2H3,(H2,15,17). The van der Waals surface area contributed by atoms with Crippen molar-refractivity contribution in [2.24, 2.45) is 11.7 Å². The number of benzene rings is 1. The molecular formula is C14H18N2O3. The molecule has 1 fully saturated rings. The Morgan fingerprint density at radius 1 is 1.21 bits per heavy atom. The molecule has 1 aliphatic rings. The average molecular weight is 262 g/mol. The lowest BCUT2D eigenvalue weighted by Crippen LogP contribution is -2.65. The van der Waals surface area contributed by atoms with Gasteiger partial charge in [0.15, 0.2) is 0 Å². The van der Waals surface area contributed by atoms with Crippen molar-refractivity contribution in [3.05, 3.63) is 35.4 Å². The summed E-state index contributed by atoms with van der Waals surface area (Å²) in [5.74, 6) is -0.535. The minimum absolute atomic E-state index is 0.119. The lowest BCUT2D eigenvalue weighted by molar-refractivity contribution is -0.110. The number of nitrogens with zero attached hydrogens (tertiary/aromatic N) is 1. The summed E-state index contributed by atoms with van der Waals surface area (Å²) < 4.78 is 0. The number of rotatable bonds is 3. The van der Waals surface area contributed by atoms with Gasteiger partial charge in [0.1, 0.15) is 5.60 Å². The van der Waals surface area contributed by atoms with Gasteiger partial charge in [0.2, 0.25) is 5.91 Å². The molecule has 0 radical (unpaired) electrons. The van der Waals surface area contributed by atoms with E-state index in [1.54, 1.807) is 17.0 Å². The van der Waals surface area contributed by atoms with E-state index in [1.165, 1.54) is 12.1 Å². The molecule has 0 unspecified atom stereocenters. The monoisotopic (exact) mass is 262 g/mol. The largest absolute Gasteiger partial charge is 0.386 e. The van der Waals surface area contributed by atoms with Crippen molar-refractivity contribution >= 4 is 11.8 Å². The van der Waals surface area contributed by atoms with E-state index < -0.39 is 11.5 Å². The molecule has 2 rings (SSSR count). The van der Waals surface area contributed by atoms with E-state index in [4.69, 9.17) is 5.73 Å². The van der Waals surface area contributed by atoms with Crippen LogP contribution in [0.15, 0.2) is 24.3 Å². The molecule has 1 aliphatic heterocycles. The van der Waals surface area contributed by atoms with Crippen LogP contribution in [-0.4, -0.2) is 40.5 Å². The van der Waals surface area contributed by atoms with Gasteiger partial charge in [-0.25, -0.2) is 0 Å². The minimum atomic E-state index is -0.775. The second-order valence-electron chi connectivity index (χ2n) is 5.36. The number of primary amides is 1. The SMILES string of the molecule is CC(C)C1(O)CN(C(=O)c2ccc(C(N)=O)cc2)C1. The third-order valence-corrected chi connectivity index (χ3v) is 3.71. The molecule has 0 aliphatic carbocycles. The summed E-state index contributed by atoms with van der Waals surface area (Å²) in [4.78, 5) is 24.7. The number of β-amino-alcohol motifs (C(OH)–C–C–N with tert-alkyl or cyclic N) is 1. The number of hydrogen-bond donors (Lipinski definition) is 2. The van der Waals surface area contributed by atoms with Gasteiger partial charge < -0.3 is 15.7 Å². The zero-order valence-electron chi connectivity index (χ0n) is 11.1. The van der Waals surface area contributed by atoms with Gasteiger partial charge in [-0.15, -0.1) is 0 Å². The summed E-state index contributed by atoms with van der Waals surface area (Å²) in [6.07, 6.45) is 0. The number of likely N-dealkylation sites (tertiary alicyclic amines) is 1. The van der Waals surface area contributed by atoms with E-state index in [0.717, 1.165) is 0 Å². The summed E-state index contributed by atoms with van der Waals surface area (Å²) >= 11 is 0. The highest BCUT2D eigenvalue weighted by atomic mass is 16.3. The molecule has 5 nitrogen and oxygen atoms in total. The predicted octanol–water partition coefficient (Wildman–Crippen LogP) is 0.628. The first kappa shape index (κ1) is 13.5. The van der Waals surface area contributed by atoms with Crippen molar-refractivity contribution in [3.63, 3.8) is 0 Å². The first-order valence-corrected chi connectivity index (χ1v) is 6.25. The highest BCUT2D eigenvalue weighted by Crippen LogP contribution is 2.29. The van der Waals surface area contributed by atoms with Gasteiger partial charge in [0.25, 0.3) is 5.91 Å². The Morgan fingerprint density at radius 2 is 1.68 bits per heavy atom. The molecule has 1 aromatic carbocycles. The summed E-state index contributed by atoms with van der Waals surface area (Å²) in [6, 6.07) is 6.22. The Balaban J connectivity index is 2.04. The zero-order valence-corrected chi connectivity index (χ0v) is 11.1. The van der Waals surface area contributed by atoms with Crippen LogP contribution in [-0.2, 0) is 0 Å². The quantitative estimate of drug-likeness (QED) is 0.838. The van der Waals surface area contributed by atoms with Gasteiger partial charge in [-0.2, -0.15) is 0 Å². The molecule has 5 heteroatoms. The Bertz CT molecular complexity index is 502. The van der Waals surface area contributed by atoms with Crippen molar-refractivity contribution in [3.8, 4) is 0 Å². The molecule has 0 bridgehead atoms. The van der Waals surface area contributed by atoms with Crippen LogP contribution >= 0.6 is 0 Å². The smallest absolute Gasteiger partial charge is 0.254 e.